The Bertz CT molecular complexity index is 962. The van der Waals surface area contributed by atoms with Crippen molar-refractivity contribution < 1.29 is 38.4 Å². The Labute approximate surface area is 190 Å². The fraction of sp³-hybridized carbons (Fsp3) is 0.600. The molecular formula is C20H28N5O8. The monoisotopic (exact) mass is 466 g/mol. The lowest BCUT2D eigenvalue weighted by molar-refractivity contribution is -0.0449. The van der Waals surface area contributed by atoms with Crippen LogP contribution in [0.3, 0.4) is 0 Å². The van der Waals surface area contributed by atoms with Gasteiger partial charge in [-0.15, -0.1) is 0 Å². The van der Waals surface area contributed by atoms with E-state index in [1.54, 1.807) is 32.3 Å². The number of nitrogens with two attached hydrogens (primary N) is 1. The summed E-state index contributed by atoms with van der Waals surface area (Å²) in [5, 5.41) is 9.93. The number of hydrogen-bond donors (Lipinski definition) is 2. The van der Waals surface area contributed by atoms with E-state index in [0.717, 1.165) is 0 Å². The first-order valence-corrected chi connectivity index (χ1v) is 10.4. The third-order valence-electron chi connectivity index (χ3n) is 4.46. The number of rotatable bonds is 10. The molecule has 1 aliphatic rings. The van der Waals surface area contributed by atoms with Crippen molar-refractivity contribution in [3.05, 3.63) is 12.4 Å². The maximum Gasteiger partial charge on any atom is 0.508 e. The van der Waals surface area contributed by atoms with Gasteiger partial charge in [-0.25, -0.2) is 14.6 Å². The maximum absolute atomic E-state index is 11.8. The van der Waals surface area contributed by atoms with Gasteiger partial charge in [0.05, 0.1) is 30.7 Å². The number of imidazole rings is 1. The van der Waals surface area contributed by atoms with E-state index in [1.165, 1.54) is 6.33 Å². The Morgan fingerprint density at radius 2 is 1.67 bits per heavy atom. The lowest BCUT2D eigenvalue weighted by Gasteiger charge is -2.24. The molecule has 0 saturated heterocycles. The molecule has 0 aliphatic heterocycles. The number of carbonyl (C=O) groups excluding carboxylic acids is 2. The van der Waals surface area contributed by atoms with E-state index in [4.69, 9.17) is 29.4 Å². The fourth-order valence-corrected chi connectivity index (χ4v) is 2.94. The fourth-order valence-electron chi connectivity index (χ4n) is 2.94. The average molecular weight is 466 g/mol. The number of anilines is 1. The minimum atomic E-state index is -0.871. The summed E-state index contributed by atoms with van der Waals surface area (Å²) in [7, 11) is 0. The van der Waals surface area contributed by atoms with Gasteiger partial charge in [0.2, 0.25) is 11.8 Å². The third-order valence-corrected chi connectivity index (χ3v) is 4.46. The predicted octanol–water partition coefficient (Wildman–Crippen LogP) is 2.32. The van der Waals surface area contributed by atoms with Crippen LogP contribution in [0, 0.1) is 6.10 Å². The highest BCUT2D eigenvalue weighted by atomic mass is 16.7. The van der Waals surface area contributed by atoms with Crippen molar-refractivity contribution in [2.24, 2.45) is 0 Å². The summed E-state index contributed by atoms with van der Waals surface area (Å²) in [5.41, 5.74) is 5.53. The molecule has 13 nitrogen and oxygen atoms in total. The van der Waals surface area contributed by atoms with Crippen molar-refractivity contribution in [3.63, 3.8) is 0 Å². The van der Waals surface area contributed by atoms with Crippen LogP contribution in [0.25, 0.3) is 11.2 Å². The molecule has 0 spiro atoms. The largest absolute Gasteiger partial charge is 0.508 e. The normalized spacial score (nSPS) is 14.6. The summed E-state index contributed by atoms with van der Waals surface area (Å²) in [6, 6.07) is 0. The van der Waals surface area contributed by atoms with Crippen molar-refractivity contribution in [2.75, 3.05) is 18.9 Å². The van der Waals surface area contributed by atoms with Crippen LogP contribution in [0.5, 0.6) is 5.88 Å². The topological polar surface area (TPSA) is 170 Å². The van der Waals surface area contributed by atoms with Gasteiger partial charge in [0.1, 0.15) is 13.2 Å². The van der Waals surface area contributed by atoms with Crippen molar-refractivity contribution in [1.82, 2.24) is 19.5 Å². The summed E-state index contributed by atoms with van der Waals surface area (Å²) in [6.45, 7) is 6.53. The highest BCUT2D eigenvalue weighted by molar-refractivity contribution is 5.77. The smallest absolute Gasteiger partial charge is 0.492 e. The van der Waals surface area contributed by atoms with E-state index < -0.39 is 17.9 Å². The molecule has 0 aromatic carbocycles. The SMILES string of the molecule is CC(C)OC(=O)OC[C](COC(=O)OC(C)C)OC1(Cn2cnc3c(O)nc(N)nc32)CC1. The molecule has 181 valence electrons. The second-order valence-corrected chi connectivity index (χ2v) is 8.18. The molecule has 2 heterocycles. The first kappa shape index (κ1) is 24.3. The van der Waals surface area contributed by atoms with Gasteiger partial charge < -0.3 is 39.1 Å². The summed E-state index contributed by atoms with van der Waals surface area (Å²) < 4.78 is 27.9. The van der Waals surface area contributed by atoms with E-state index in [0.29, 0.717) is 25.0 Å². The number of nitrogen functional groups attached to an aromatic ring is 1. The molecule has 0 amide bonds. The third kappa shape index (κ3) is 6.81. The Morgan fingerprint density at radius 3 is 2.18 bits per heavy atom. The van der Waals surface area contributed by atoms with Crippen LogP contribution < -0.4 is 5.73 Å². The molecule has 1 aliphatic carbocycles. The molecule has 1 fully saturated rings. The molecule has 1 saturated carbocycles. The molecule has 0 atom stereocenters. The molecule has 2 aromatic heterocycles. The van der Waals surface area contributed by atoms with Gasteiger partial charge >= 0.3 is 12.3 Å². The lowest BCUT2D eigenvalue weighted by Crippen LogP contribution is -2.30. The summed E-state index contributed by atoms with van der Waals surface area (Å²) in [4.78, 5) is 35.5. The molecular weight excluding hydrogens is 438 g/mol. The zero-order valence-electron chi connectivity index (χ0n) is 18.9. The minimum Gasteiger partial charge on any atom is -0.492 e. The van der Waals surface area contributed by atoms with Crippen LogP contribution in [0.1, 0.15) is 40.5 Å². The van der Waals surface area contributed by atoms with Gasteiger partial charge in [-0.2, -0.15) is 9.97 Å². The maximum atomic E-state index is 11.8. The molecule has 0 unspecified atom stereocenters. The van der Waals surface area contributed by atoms with E-state index >= 15 is 0 Å². The van der Waals surface area contributed by atoms with Crippen LogP contribution in [-0.4, -0.2) is 68.0 Å². The first-order valence-electron chi connectivity index (χ1n) is 10.4. The van der Waals surface area contributed by atoms with Gasteiger partial charge in [0, 0.05) is 0 Å². The second kappa shape index (κ2) is 10.1. The van der Waals surface area contributed by atoms with Gasteiger partial charge in [-0.05, 0) is 40.5 Å². The Morgan fingerprint density at radius 1 is 1.09 bits per heavy atom. The number of hydrogen-bond acceptors (Lipinski definition) is 12. The zero-order chi connectivity index (χ0) is 24.2. The number of fused-ring (bicyclic) bond motifs is 1. The molecule has 13 heteroatoms. The number of nitrogens with zero attached hydrogens (tertiary/aromatic N) is 4. The molecule has 3 rings (SSSR count). The zero-order valence-corrected chi connectivity index (χ0v) is 18.9. The molecule has 0 bridgehead atoms. The quantitative estimate of drug-likeness (QED) is 0.490. The van der Waals surface area contributed by atoms with E-state index in [-0.39, 0.29) is 48.9 Å². The number of ether oxygens (including phenoxy) is 5. The summed E-state index contributed by atoms with van der Waals surface area (Å²) in [5.74, 6) is -0.405. The minimum absolute atomic E-state index is 0.0890. The highest BCUT2D eigenvalue weighted by Gasteiger charge is 2.47. The van der Waals surface area contributed by atoms with Crippen molar-refractivity contribution in [3.8, 4) is 5.88 Å². The molecule has 3 N–H and O–H groups in total. The first-order chi connectivity index (χ1) is 15.6. The van der Waals surface area contributed by atoms with E-state index in [9.17, 15) is 14.7 Å². The lowest BCUT2D eigenvalue weighted by atomic mass is 10.3. The Hall–Kier alpha value is -3.35. The van der Waals surface area contributed by atoms with Crippen LogP contribution in [-0.2, 0) is 30.2 Å². The van der Waals surface area contributed by atoms with Crippen LogP contribution in [0.4, 0.5) is 15.5 Å². The molecule has 2 aromatic rings. The summed E-state index contributed by atoms with van der Waals surface area (Å²) >= 11 is 0. The number of aromatic nitrogens is 4. The van der Waals surface area contributed by atoms with Gasteiger partial charge in [-0.1, -0.05) is 0 Å². The highest BCUT2D eigenvalue weighted by Crippen LogP contribution is 2.44. The molecule has 1 radical (unpaired) electrons. The van der Waals surface area contributed by atoms with Gasteiger partial charge in [-0.3, -0.25) is 0 Å². The number of carbonyl (C=O) groups is 2. The average Bonchev–Trinajstić information content (AvgIpc) is 3.34. The van der Waals surface area contributed by atoms with Crippen molar-refractivity contribution >= 4 is 29.4 Å². The number of aromatic hydroxyl groups is 1. The van der Waals surface area contributed by atoms with Crippen molar-refractivity contribution in [1.29, 1.82) is 0 Å². The van der Waals surface area contributed by atoms with E-state index in [2.05, 4.69) is 15.0 Å². The van der Waals surface area contributed by atoms with Crippen molar-refractivity contribution in [2.45, 2.75) is 64.9 Å². The van der Waals surface area contributed by atoms with Gasteiger partial charge in [0.25, 0.3) is 0 Å². The van der Waals surface area contributed by atoms with Gasteiger partial charge in [0.15, 0.2) is 17.3 Å². The van der Waals surface area contributed by atoms with Crippen LogP contribution in [0.15, 0.2) is 6.33 Å². The van der Waals surface area contributed by atoms with Crippen LogP contribution in [0.2, 0.25) is 0 Å². The van der Waals surface area contributed by atoms with Crippen LogP contribution >= 0.6 is 0 Å². The van der Waals surface area contributed by atoms with E-state index in [1.807, 2.05) is 0 Å². The Kier molecular flexibility index (Phi) is 7.41. The molecule has 33 heavy (non-hydrogen) atoms. The Balaban J connectivity index is 1.68. The standard InChI is InChI=1S/C20H28N5O8/c1-11(2)31-18(27)29-7-13(8-30-19(28)32-12(3)4)33-20(5-6-20)9-25-10-22-14-15(25)23-17(21)24-16(14)26/h10-12H,5-9H2,1-4H3,(H3,21,23,24,26). The predicted molar refractivity (Wildman–Crippen MR) is 113 cm³/mol. The second-order valence-electron chi connectivity index (χ2n) is 8.18. The summed E-state index contributed by atoms with van der Waals surface area (Å²) in [6.07, 6.45) is 0.603.